The van der Waals surface area contributed by atoms with Gasteiger partial charge in [-0.15, -0.1) is 0 Å². The van der Waals surface area contributed by atoms with Crippen molar-refractivity contribution in [3.05, 3.63) is 69.7 Å². The fraction of sp³-hybridized carbons (Fsp3) is 0.592. The molecule has 0 aromatic heterocycles. The van der Waals surface area contributed by atoms with Gasteiger partial charge >= 0.3 is 24.0 Å². The third kappa shape index (κ3) is 13.8. The van der Waals surface area contributed by atoms with Crippen LogP contribution in [0.2, 0.25) is 10.0 Å². The summed E-state index contributed by atoms with van der Waals surface area (Å²) in [6.45, 7) is 22.3. The number of esters is 1. The number of nitrogens with one attached hydrogen (secondary N) is 4. The van der Waals surface area contributed by atoms with Crippen molar-refractivity contribution in [3.63, 3.8) is 0 Å². The summed E-state index contributed by atoms with van der Waals surface area (Å²) >= 11 is 12.2. The van der Waals surface area contributed by atoms with Crippen molar-refractivity contribution < 1.29 is 48.3 Å². The molecule has 378 valence electrons. The maximum atomic E-state index is 13.8. The van der Waals surface area contributed by atoms with Gasteiger partial charge in [-0.3, -0.25) is 9.59 Å². The fourth-order valence-electron chi connectivity index (χ4n) is 8.65. The molecule has 0 aliphatic carbocycles. The summed E-state index contributed by atoms with van der Waals surface area (Å²) in [6.07, 6.45) is 1.07. The van der Waals surface area contributed by atoms with Crippen LogP contribution >= 0.6 is 23.2 Å². The van der Waals surface area contributed by atoms with Gasteiger partial charge in [-0.25, -0.2) is 19.2 Å². The fourth-order valence-corrected chi connectivity index (χ4v) is 9.03. The molecule has 2 saturated heterocycles. The van der Waals surface area contributed by atoms with Gasteiger partial charge < -0.3 is 50.6 Å². The Morgan fingerprint density at radius 2 is 1.04 bits per heavy atom. The molecule has 0 radical (unpaired) electrons. The van der Waals surface area contributed by atoms with Crippen LogP contribution in [0.3, 0.4) is 0 Å². The number of carbonyl (C=O) groups is 6. The minimum atomic E-state index is -1.13. The number of aliphatic carboxylic acids is 1. The van der Waals surface area contributed by atoms with Crippen LogP contribution in [0.1, 0.15) is 120 Å². The number of amides is 6. The van der Waals surface area contributed by atoms with E-state index in [1.807, 2.05) is 101 Å². The van der Waals surface area contributed by atoms with Crippen LogP contribution in [0.25, 0.3) is 0 Å². The Morgan fingerprint density at radius 3 is 1.38 bits per heavy atom. The summed E-state index contributed by atoms with van der Waals surface area (Å²) in [6, 6.07) is 9.72. The molecule has 6 rings (SSSR count). The highest BCUT2D eigenvalue weighted by atomic mass is 35.5. The molecule has 0 bridgehead atoms. The number of methoxy groups -OCH3 is 1. The highest BCUT2D eigenvalue weighted by Gasteiger charge is 2.57. The second kappa shape index (κ2) is 20.4. The van der Waals surface area contributed by atoms with Crippen LogP contribution in [0.5, 0.6) is 0 Å². The molecule has 5 N–H and O–H groups in total. The highest BCUT2D eigenvalue weighted by Crippen LogP contribution is 2.42. The smallest absolute Gasteiger partial charge is 0.328 e. The van der Waals surface area contributed by atoms with E-state index in [-0.39, 0.29) is 31.8 Å². The molecule has 2 spiro atoms. The molecule has 2 aromatic carbocycles. The SMILES string of the molecule is CC(C)(C)NC(=O)N[C@H](C(=O)N1C[C@@]2(CC(c3cccc(Cl)c3)=NO2)C[C@H]1C(=O)O)C(C)(C)C.COC(=O)[C@@H]1C[C@]2(CC(c3cccc(Cl)c3)=NO2)CN1C(=O)[C@@H](NC(=O)NC(C)(C)C)C(C)(C)C. The standard InChI is InChI=1S/C25H35ClN4O5.C24H33ClN4O5/c1-23(2,3)19(27-22(33)28-24(4,5)6)20(31)30-14-25(13-18(30)21(32)34-7)12-17(29-35-25)15-9-8-10-16(26)11-15;1-22(2,3)18(26-21(33)27-23(4,5)6)19(30)29-13-24(12-17(29)20(31)32)11-16(28-34-24)14-8-7-9-15(25)10-14/h8-11,18-19H,12-14H2,1-7H3,(H2,27,28,33);7-10,17-18H,11-13H2,1-6H3,(H,31,32)(H2,26,27,33)/t18-,19+,25+;17-,18+,24+/m00/s1. The lowest BCUT2D eigenvalue weighted by atomic mass is 9.85. The van der Waals surface area contributed by atoms with Gasteiger partial charge in [0.25, 0.3) is 0 Å². The van der Waals surface area contributed by atoms with Gasteiger partial charge in [0, 0.05) is 57.9 Å². The number of ether oxygens (including phenoxy) is 1. The van der Waals surface area contributed by atoms with Crippen molar-refractivity contribution in [2.24, 2.45) is 21.1 Å². The van der Waals surface area contributed by atoms with Crippen LogP contribution < -0.4 is 21.3 Å². The number of urea groups is 2. The maximum absolute atomic E-state index is 13.8. The van der Waals surface area contributed by atoms with Gasteiger partial charge in [-0.05, 0) is 76.6 Å². The lowest BCUT2D eigenvalue weighted by Gasteiger charge is -2.36. The van der Waals surface area contributed by atoms with E-state index < -0.39 is 87.2 Å². The van der Waals surface area contributed by atoms with Crippen molar-refractivity contribution in [1.29, 1.82) is 0 Å². The van der Waals surface area contributed by atoms with Gasteiger partial charge in [-0.1, -0.05) is 99.3 Å². The molecule has 6 atom stereocenters. The molecule has 0 saturated carbocycles. The van der Waals surface area contributed by atoms with Gasteiger partial charge in [0.1, 0.15) is 24.2 Å². The lowest BCUT2D eigenvalue weighted by molar-refractivity contribution is -0.152. The number of halogens is 2. The number of hydrogen-bond donors (Lipinski definition) is 5. The van der Waals surface area contributed by atoms with Crippen molar-refractivity contribution in [3.8, 4) is 0 Å². The molecule has 18 nitrogen and oxygen atoms in total. The largest absolute Gasteiger partial charge is 0.480 e. The molecular weight excluding hydrogens is 931 g/mol. The predicted molar refractivity (Wildman–Crippen MR) is 262 cm³/mol. The number of carbonyl (C=O) groups excluding carboxylic acids is 5. The second-order valence-electron chi connectivity index (χ2n) is 22.5. The Hall–Kier alpha value is -5.62. The number of nitrogens with zero attached hydrogens (tertiary/aromatic N) is 4. The highest BCUT2D eigenvalue weighted by molar-refractivity contribution is 6.31. The van der Waals surface area contributed by atoms with Gasteiger partial charge in [0.05, 0.1) is 31.6 Å². The summed E-state index contributed by atoms with van der Waals surface area (Å²) < 4.78 is 5.01. The summed E-state index contributed by atoms with van der Waals surface area (Å²) in [5.74, 6) is -2.52. The first-order chi connectivity index (χ1) is 31.7. The molecule has 20 heteroatoms. The van der Waals surface area contributed by atoms with Crippen LogP contribution in [0, 0.1) is 10.8 Å². The van der Waals surface area contributed by atoms with E-state index in [1.54, 1.807) is 30.3 Å². The quantitative estimate of drug-likeness (QED) is 0.172. The van der Waals surface area contributed by atoms with Crippen LogP contribution in [0.15, 0.2) is 58.8 Å². The maximum Gasteiger partial charge on any atom is 0.328 e. The minimum Gasteiger partial charge on any atom is -0.480 e. The van der Waals surface area contributed by atoms with E-state index in [0.29, 0.717) is 34.3 Å². The van der Waals surface area contributed by atoms with E-state index >= 15 is 0 Å². The van der Waals surface area contributed by atoms with Crippen molar-refractivity contribution >= 4 is 70.4 Å². The topological polar surface area (TPSA) is 230 Å². The van der Waals surface area contributed by atoms with E-state index in [4.69, 9.17) is 37.6 Å². The number of carboxylic acid groups (broad SMARTS) is 1. The average Bonchev–Trinajstić information content (AvgIpc) is 4.02. The molecule has 4 aliphatic heterocycles. The first kappa shape index (κ1) is 54.3. The predicted octanol–water partition coefficient (Wildman–Crippen LogP) is 6.89. The first-order valence-electron chi connectivity index (χ1n) is 22.9. The average molecular weight is 1000 g/mol. The third-order valence-corrected chi connectivity index (χ3v) is 12.3. The monoisotopic (exact) mass is 998 g/mol. The molecule has 6 amide bonds. The van der Waals surface area contributed by atoms with Crippen LogP contribution in [-0.4, -0.2) is 129 Å². The zero-order chi connectivity index (χ0) is 51.7. The number of benzene rings is 2. The third-order valence-electron chi connectivity index (χ3n) is 11.9. The molecule has 2 aromatic rings. The number of oxime groups is 2. The summed E-state index contributed by atoms with van der Waals surface area (Å²) in [5.41, 5.74) is -1.14. The van der Waals surface area contributed by atoms with Crippen molar-refractivity contribution in [1.82, 2.24) is 31.1 Å². The zero-order valence-electron chi connectivity index (χ0n) is 41.8. The van der Waals surface area contributed by atoms with E-state index in [9.17, 15) is 33.9 Å². The van der Waals surface area contributed by atoms with Crippen molar-refractivity contribution in [2.45, 2.75) is 155 Å². The zero-order valence-corrected chi connectivity index (χ0v) is 43.3. The van der Waals surface area contributed by atoms with Crippen LogP contribution in [-0.2, 0) is 33.6 Å². The molecule has 2 fully saturated rings. The lowest BCUT2D eigenvalue weighted by Crippen LogP contribution is -2.60. The Balaban J connectivity index is 0.000000258. The Bertz CT molecular complexity index is 2370. The summed E-state index contributed by atoms with van der Waals surface area (Å²) in [7, 11) is 1.29. The summed E-state index contributed by atoms with van der Waals surface area (Å²) in [4.78, 5) is 91.9. The Kier molecular flexibility index (Phi) is 16.0. The van der Waals surface area contributed by atoms with E-state index in [2.05, 4.69) is 31.6 Å². The normalized spacial score (nSPS) is 23.1. The van der Waals surface area contributed by atoms with Gasteiger partial charge in [0.15, 0.2) is 11.2 Å². The summed E-state index contributed by atoms with van der Waals surface area (Å²) in [5, 5.41) is 30.7. The second-order valence-corrected chi connectivity index (χ2v) is 23.4. The molecular formula is C49H68Cl2N8O10. The molecule has 4 heterocycles. The van der Waals surface area contributed by atoms with Gasteiger partial charge in [0.2, 0.25) is 11.8 Å². The van der Waals surface area contributed by atoms with Gasteiger partial charge in [-0.2, -0.15) is 0 Å². The Morgan fingerprint density at radius 1 is 0.667 bits per heavy atom. The molecule has 0 unspecified atom stereocenters. The van der Waals surface area contributed by atoms with E-state index in [1.165, 1.54) is 16.9 Å². The molecule has 69 heavy (non-hydrogen) atoms. The van der Waals surface area contributed by atoms with E-state index in [0.717, 1.165) is 11.1 Å². The first-order valence-corrected chi connectivity index (χ1v) is 23.6. The number of rotatable bonds is 8. The number of carboxylic acids is 1. The Labute approximate surface area is 414 Å². The van der Waals surface area contributed by atoms with Crippen LogP contribution in [0.4, 0.5) is 9.59 Å². The number of hydrogen-bond acceptors (Lipinski definition) is 11. The number of likely N-dealkylation sites (tertiary alicyclic amines) is 2. The molecule has 4 aliphatic rings. The minimum absolute atomic E-state index is 0.0471. The van der Waals surface area contributed by atoms with Crippen molar-refractivity contribution in [2.75, 3.05) is 20.2 Å².